The molecule has 0 aliphatic rings. The van der Waals surface area contributed by atoms with Crippen LogP contribution in [0.5, 0.6) is 11.5 Å². The summed E-state index contributed by atoms with van der Waals surface area (Å²) in [6.07, 6.45) is 0.316. The van der Waals surface area contributed by atoms with Crippen molar-refractivity contribution >= 4 is 17.3 Å². The molecule has 0 bridgehead atoms. The van der Waals surface area contributed by atoms with Crippen LogP contribution in [0.3, 0.4) is 0 Å². The highest BCUT2D eigenvalue weighted by atomic mass is 32.1. The maximum Gasteiger partial charge on any atom is 0.363 e. The molecule has 0 atom stereocenters. The Bertz CT molecular complexity index is 1160. The molecule has 0 saturated carbocycles. The van der Waals surface area contributed by atoms with Gasteiger partial charge in [-0.25, -0.2) is 14.2 Å². The van der Waals surface area contributed by atoms with E-state index in [1.807, 2.05) is 0 Å². The Balaban J connectivity index is 1.33. The summed E-state index contributed by atoms with van der Waals surface area (Å²) < 4.78 is 29.6. The van der Waals surface area contributed by atoms with E-state index >= 15 is 0 Å². The van der Waals surface area contributed by atoms with Gasteiger partial charge >= 0.3 is 5.97 Å². The van der Waals surface area contributed by atoms with Crippen LogP contribution in [-0.4, -0.2) is 21.1 Å². The fourth-order valence-corrected chi connectivity index (χ4v) is 3.38. The van der Waals surface area contributed by atoms with Gasteiger partial charge in [-0.1, -0.05) is 23.4 Å². The number of hydrogen-bond donors (Lipinski definition) is 0. The van der Waals surface area contributed by atoms with Gasteiger partial charge in [0.1, 0.15) is 17.3 Å². The van der Waals surface area contributed by atoms with Gasteiger partial charge in [-0.2, -0.15) is 4.98 Å². The zero-order chi connectivity index (χ0) is 20.9. The number of carbonyl (C=O) groups excluding carboxylic acids is 1. The Morgan fingerprint density at radius 3 is 2.60 bits per heavy atom. The Morgan fingerprint density at radius 2 is 1.87 bits per heavy atom. The predicted molar refractivity (Wildman–Crippen MR) is 106 cm³/mol. The van der Waals surface area contributed by atoms with E-state index in [0.29, 0.717) is 40.2 Å². The van der Waals surface area contributed by atoms with Crippen molar-refractivity contribution in [3.8, 4) is 11.5 Å². The summed E-state index contributed by atoms with van der Waals surface area (Å²) in [6, 6.07) is 13.0. The first-order chi connectivity index (χ1) is 14.6. The molecular weight excluding hydrogens is 409 g/mol. The van der Waals surface area contributed by atoms with Crippen molar-refractivity contribution in [2.24, 2.45) is 0 Å². The second-order valence-electron chi connectivity index (χ2n) is 6.28. The molecule has 4 aromatic rings. The minimum Gasteiger partial charge on any atom is -0.484 e. The van der Waals surface area contributed by atoms with E-state index < -0.39 is 5.97 Å². The lowest BCUT2D eigenvalue weighted by Gasteiger charge is -2.05. The standard InChI is InChI=1S/C21H16FN3O4S/c1-13-23-19(29-25-13)11-27-15-6-8-16(9-7-15)28-21(26)18-12-30-20(24-18)10-14-4-2-3-5-17(14)22/h2-9,12H,10-11H2,1H3. The topological polar surface area (TPSA) is 87.3 Å². The Morgan fingerprint density at radius 1 is 1.10 bits per heavy atom. The van der Waals surface area contributed by atoms with Gasteiger partial charge in [0.2, 0.25) is 0 Å². The summed E-state index contributed by atoms with van der Waals surface area (Å²) in [5.74, 6) is 0.943. The number of esters is 1. The zero-order valence-electron chi connectivity index (χ0n) is 15.9. The van der Waals surface area contributed by atoms with Crippen LogP contribution in [0.2, 0.25) is 0 Å². The molecule has 0 saturated heterocycles. The van der Waals surface area contributed by atoms with Crippen molar-refractivity contribution in [3.63, 3.8) is 0 Å². The number of halogens is 1. The molecule has 152 valence electrons. The highest BCUT2D eigenvalue weighted by Gasteiger charge is 2.15. The number of thiazole rings is 1. The zero-order valence-corrected chi connectivity index (χ0v) is 16.7. The molecule has 30 heavy (non-hydrogen) atoms. The summed E-state index contributed by atoms with van der Waals surface area (Å²) in [7, 11) is 0. The summed E-state index contributed by atoms with van der Waals surface area (Å²) >= 11 is 1.28. The SMILES string of the molecule is Cc1noc(COc2ccc(OC(=O)c3csc(Cc4ccccc4F)n3)cc2)n1. The van der Waals surface area contributed by atoms with Gasteiger partial charge in [0.05, 0.1) is 5.01 Å². The van der Waals surface area contributed by atoms with E-state index in [4.69, 9.17) is 14.0 Å². The van der Waals surface area contributed by atoms with Crippen LogP contribution in [0, 0.1) is 12.7 Å². The van der Waals surface area contributed by atoms with Crippen molar-refractivity contribution in [2.45, 2.75) is 20.0 Å². The summed E-state index contributed by atoms with van der Waals surface area (Å²) in [5, 5.41) is 5.92. The Kier molecular flexibility index (Phi) is 5.80. The van der Waals surface area contributed by atoms with Gasteiger partial charge < -0.3 is 14.0 Å². The van der Waals surface area contributed by atoms with Crippen molar-refractivity contribution in [3.05, 3.63) is 87.7 Å². The third kappa shape index (κ3) is 4.87. The second-order valence-corrected chi connectivity index (χ2v) is 7.22. The van der Waals surface area contributed by atoms with Crippen molar-refractivity contribution in [2.75, 3.05) is 0 Å². The number of aromatic nitrogens is 3. The molecule has 0 amide bonds. The molecule has 0 aliphatic heterocycles. The van der Waals surface area contributed by atoms with E-state index in [0.717, 1.165) is 0 Å². The van der Waals surface area contributed by atoms with Crippen LogP contribution in [0.25, 0.3) is 0 Å². The van der Waals surface area contributed by atoms with Crippen LogP contribution < -0.4 is 9.47 Å². The fourth-order valence-electron chi connectivity index (χ4n) is 2.60. The first kappa shape index (κ1) is 19.7. The quantitative estimate of drug-likeness (QED) is 0.321. The third-order valence-electron chi connectivity index (χ3n) is 4.03. The third-order valence-corrected chi connectivity index (χ3v) is 4.88. The van der Waals surface area contributed by atoms with Crippen molar-refractivity contribution in [1.29, 1.82) is 0 Å². The van der Waals surface area contributed by atoms with Crippen LogP contribution in [0.1, 0.15) is 32.8 Å². The molecule has 7 nitrogen and oxygen atoms in total. The van der Waals surface area contributed by atoms with E-state index in [1.54, 1.807) is 54.8 Å². The molecule has 4 rings (SSSR count). The lowest BCUT2D eigenvalue weighted by molar-refractivity contribution is 0.0729. The van der Waals surface area contributed by atoms with Gasteiger partial charge in [-0.15, -0.1) is 11.3 Å². The lowest BCUT2D eigenvalue weighted by Crippen LogP contribution is -2.09. The molecule has 9 heteroatoms. The van der Waals surface area contributed by atoms with Gasteiger partial charge in [0, 0.05) is 11.8 Å². The number of ether oxygens (including phenoxy) is 2. The largest absolute Gasteiger partial charge is 0.484 e. The first-order valence-electron chi connectivity index (χ1n) is 8.99. The summed E-state index contributed by atoms with van der Waals surface area (Å²) in [6.45, 7) is 1.87. The molecule has 0 aliphatic carbocycles. The van der Waals surface area contributed by atoms with Gasteiger partial charge in [-0.05, 0) is 42.8 Å². The first-order valence-corrected chi connectivity index (χ1v) is 9.87. The molecule has 2 aromatic carbocycles. The van der Waals surface area contributed by atoms with Gasteiger partial charge in [0.25, 0.3) is 5.89 Å². The number of carbonyl (C=O) groups is 1. The molecule has 0 radical (unpaired) electrons. The summed E-state index contributed by atoms with van der Waals surface area (Å²) in [5.41, 5.74) is 0.705. The molecule has 2 heterocycles. The molecule has 0 unspecified atom stereocenters. The van der Waals surface area contributed by atoms with E-state index in [1.165, 1.54) is 17.4 Å². The van der Waals surface area contributed by atoms with Crippen LogP contribution in [0.4, 0.5) is 4.39 Å². The van der Waals surface area contributed by atoms with Gasteiger partial charge in [-0.3, -0.25) is 0 Å². The van der Waals surface area contributed by atoms with Crippen LogP contribution >= 0.6 is 11.3 Å². The van der Waals surface area contributed by atoms with E-state index in [9.17, 15) is 9.18 Å². The molecule has 2 aromatic heterocycles. The monoisotopic (exact) mass is 425 g/mol. The van der Waals surface area contributed by atoms with Crippen molar-refractivity contribution < 1.29 is 23.2 Å². The molecule has 0 fully saturated rings. The van der Waals surface area contributed by atoms with Crippen LogP contribution in [-0.2, 0) is 13.0 Å². The Hall–Kier alpha value is -3.59. The average molecular weight is 425 g/mol. The van der Waals surface area contributed by atoms with E-state index in [-0.39, 0.29) is 18.1 Å². The second kappa shape index (κ2) is 8.83. The number of nitrogens with zero attached hydrogens (tertiary/aromatic N) is 3. The lowest BCUT2D eigenvalue weighted by atomic mass is 10.1. The van der Waals surface area contributed by atoms with Crippen LogP contribution in [0.15, 0.2) is 58.4 Å². The van der Waals surface area contributed by atoms with Crippen molar-refractivity contribution in [1.82, 2.24) is 15.1 Å². The number of benzene rings is 2. The highest BCUT2D eigenvalue weighted by molar-refractivity contribution is 7.09. The molecule has 0 spiro atoms. The Labute approximate surface area is 175 Å². The predicted octanol–water partition coefficient (Wildman–Crippen LogP) is 4.36. The maximum atomic E-state index is 13.8. The fraction of sp³-hybridized carbons (Fsp3) is 0.143. The average Bonchev–Trinajstić information content (AvgIpc) is 3.38. The normalized spacial score (nSPS) is 10.7. The van der Waals surface area contributed by atoms with Gasteiger partial charge in [0.15, 0.2) is 18.1 Å². The molecular formula is C21H16FN3O4S. The smallest absolute Gasteiger partial charge is 0.363 e. The van der Waals surface area contributed by atoms with E-state index in [2.05, 4.69) is 15.1 Å². The molecule has 0 N–H and O–H groups in total. The number of hydrogen-bond acceptors (Lipinski definition) is 8. The minimum absolute atomic E-state index is 0.142. The summed E-state index contributed by atoms with van der Waals surface area (Å²) in [4.78, 5) is 20.6. The maximum absolute atomic E-state index is 13.8. The highest BCUT2D eigenvalue weighted by Crippen LogP contribution is 2.21. The number of aryl methyl sites for hydroxylation is 1. The number of rotatable bonds is 7. The minimum atomic E-state index is -0.582.